The maximum atomic E-state index is 9.49. The Morgan fingerprint density at radius 2 is 2.05 bits per heavy atom. The minimum atomic E-state index is 0.689. The van der Waals surface area contributed by atoms with Crippen LogP contribution >= 0.6 is 0 Å². The minimum Gasteiger partial charge on any atom is -0.367 e. The third-order valence-corrected chi connectivity index (χ3v) is 5.37. The number of hydrogen-bond donors (Lipinski definition) is 1. The van der Waals surface area contributed by atoms with E-state index >= 15 is 0 Å². The normalized spacial score (nSPS) is 26.8. The van der Waals surface area contributed by atoms with E-state index in [2.05, 4.69) is 35.4 Å². The van der Waals surface area contributed by atoms with Crippen molar-refractivity contribution in [1.29, 1.82) is 5.26 Å². The highest BCUT2D eigenvalue weighted by molar-refractivity contribution is 5.56. The summed E-state index contributed by atoms with van der Waals surface area (Å²) in [6, 6.07) is 2.33. The lowest BCUT2D eigenvalue weighted by atomic mass is 9.89. The van der Waals surface area contributed by atoms with Gasteiger partial charge in [0.15, 0.2) is 5.82 Å². The molecule has 2 bridgehead atoms. The van der Waals surface area contributed by atoms with Crippen LogP contribution in [0.3, 0.4) is 0 Å². The van der Waals surface area contributed by atoms with Crippen LogP contribution in [-0.2, 0) is 12.8 Å². The molecule has 4 nitrogen and oxygen atoms in total. The lowest BCUT2D eigenvalue weighted by Crippen LogP contribution is -2.21. The fourth-order valence-corrected chi connectivity index (χ4v) is 4.27. The van der Waals surface area contributed by atoms with E-state index in [1.165, 1.54) is 25.7 Å². The Balaban J connectivity index is 1.75. The van der Waals surface area contributed by atoms with Gasteiger partial charge in [-0.1, -0.05) is 20.3 Å². The topological polar surface area (TPSA) is 61.6 Å². The monoisotopic (exact) mass is 284 g/mol. The van der Waals surface area contributed by atoms with Crippen LogP contribution in [0.4, 0.5) is 5.82 Å². The number of aryl methyl sites for hydroxylation is 1. The summed E-state index contributed by atoms with van der Waals surface area (Å²) in [6.45, 7) is 5.09. The third kappa shape index (κ3) is 2.62. The Labute approximate surface area is 127 Å². The Bertz CT molecular complexity index is 561. The van der Waals surface area contributed by atoms with E-state index in [1.54, 1.807) is 0 Å². The Hall–Kier alpha value is -1.63. The molecule has 1 aromatic rings. The molecule has 2 aliphatic rings. The molecule has 0 spiro atoms. The van der Waals surface area contributed by atoms with E-state index in [0.717, 1.165) is 48.4 Å². The van der Waals surface area contributed by atoms with Crippen LogP contribution in [0.5, 0.6) is 0 Å². The second-order valence-electron chi connectivity index (χ2n) is 6.48. The first-order chi connectivity index (χ1) is 10.3. The molecule has 2 aliphatic carbocycles. The first-order valence-corrected chi connectivity index (χ1v) is 8.29. The molecule has 2 fully saturated rings. The van der Waals surface area contributed by atoms with Crippen molar-refractivity contribution in [3.63, 3.8) is 0 Å². The van der Waals surface area contributed by atoms with Crippen LogP contribution < -0.4 is 5.32 Å². The summed E-state index contributed by atoms with van der Waals surface area (Å²) in [5, 5.41) is 21.5. The predicted molar refractivity (Wildman–Crippen MR) is 82.9 cm³/mol. The van der Waals surface area contributed by atoms with E-state index in [9.17, 15) is 5.26 Å². The van der Waals surface area contributed by atoms with Gasteiger partial charge in [0.05, 0.1) is 5.69 Å². The number of nitrogens with zero attached hydrogens (tertiary/aromatic N) is 3. The van der Waals surface area contributed by atoms with Crippen LogP contribution in [-0.4, -0.2) is 16.7 Å². The lowest BCUT2D eigenvalue weighted by molar-refractivity contribution is 0.348. The van der Waals surface area contributed by atoms with Crippen LogP contribution in [0.25, 0.3) is 0 Å². The molecular formula is C17H24N4. The van der Waals surface area contributed by atoms with Crippen LogP contribution in [0.15, 0.2) is 0 Å². The summed E-state index contributed by atoms with van der Waals surface area (Å²) in [5.74, 6) is 3.29. The maximum Gasteiger partial charge on any atom is 0.166 e. The molecule has 0 aromatic carbocycles. The van der Waals surface area contributed by atoms with E-state index in [1.807, 2.05) is 0 Å². The highest BCUT2D eigenvalue weighted by Gasteiger charge is 2.39. The molecule has 0 radical (unpaired) electrons. The predicted octanol–water partition coefficient (Wildman–Crippen LogP) is 3.32. The van der Waals surface area contributed by atoms with Crippen molar-refractivity contribution < 1.29 is 0 Å². The van der Waals surface area contributed by atoms with Crippen LogP contribution in [0.1, 0.15) is 56.4 Å². The van der Waals surface area contributed by atoms with Crippen molar-refractivity contribution in [3.05, 3.63) is 16.8 Å². The Kier molecular flexibility index (Phi) is 4.10. The molecular weight excluding hydrogens is 260 g/mol. The number of rotatable bonds is 5. The van der Waals surface area contributed by atoms with Gasteiger partial charge < -0.3 is 5.32 Å². The molecule has 21 heavy (non-hydrogen) atoms. The Morgan fingerprint density at radius 1 is 1.19 bits per heavy atom. The summed E-state index contributed by atoms with van der Waals surface area (Å²) < 4.78 is 0. The van der Waals surface area contributed by atoms with E-state index < -0.39 is 0 Å². The van der Waals surface area contributed by atoms with Crippen molar-refractivity contribution in [2.45, 2.75) is 52.4 Å². The average Bonchev–Trinajstić information content (AvgIpc) is 3.14. The van der Waals surface area contributed by atoms with Crippen LogP contribution in [0, 0.1) is 29.1 Å². The number of fused-ring (bicyclic) bond motifs is 2. The number of nitrogens with one attached hydrogen (secondary N) is 1. The highest BCUT2D eigenvalue weighted by atomic mass is 15.2. The molecule has 1 heterocycles. The molecule has 112 valence electrons. The first-order valence-electron chi connectivity index (χ1n) is 8.29. The van der Waals surface area contributed by atoms with Gasteiger partial charge in [0.1, 0.15) is 11.6 Å². The van der Waals surface area contributed by atoms with Crippen molar-refractivity contribution in [2.75, 3.05) is 11.9 Å². The number of hydrogen-bond acceptors (Lipinski definition) is 4. The van der Waals surface area contributed by atoms with Gasteiger partial charge in [-0.3, -0.25) is 0 Å². The zero-order valence-electron chi connectivity index (χ0n) is 13.0. The zero-order valence-corrected chi connectivity index (χ0v) is 13.0. The SMILES string of the molecule is CCc1nnc(NCC2CC3CCC2C3)c(C#N)c1CC. The Morgan fingerprint density at radius 3 is 2.62 bits per heavy atom. The van der Waals surface area contributed by atoms with Gasteiger partial charge >= 0.3 is 0 Å². The van der Waals surface area contributed by atoms with E-state index in [-0.39, 0.29) is 0 Å². The molecule has 2 saturated carbocycles. The molecule has 3 unspecified atom stereocenters. The third-order valence-electron chi connectivity index (χ3n) is 5.37. The largest absolute Gasteiger partial charge is 0.367 e. The summed E-state index contributed by atoms with van der Waals surface area (Å²) in [7, 11) is 0. The second kappa shape index (κ2) is 6.01. The second-order valence-corrected chi connectivity index (χ2v) is 6.48. The summed E-state index contributed by atoms with van der Waals surface area (Å²) in [4.78, 5) is 0. The van der Waals surface area contributed by atoms with Crippen LogP contribution in [0.2, 0.25) is 0 Å². The molecule has 1 N–H and O–H groups in total. The standard InChI is InChI=1S/C17H24N4/c1-3-14-15(9-18)17(21-20-16(14)4-2)19-10-13-8-11-5-6-12(13)7-11/h11-13H,3-8,10H2,1-2H3,(H,19,21). The fourth-order valence-electron chi connectivity index (χ4n) is 4.27. The number of anilines is 1. The van der Waals surface area contributed by atoms with Gasteiger partial charge in [-0.05, 0) is 55.4 Å². The zero-order chi connectivity index (χ0) is 14.8. The number of nitriles is 1. The lowest BCUT2D eigenvalue weighted by Gasteiger charge is -2.22. The summed E-state index contributed by atoms with van der Waals surface area (Å²) in [5.41, 5.74) is 2.72. The minimum absolute atomic E-state index is 0.689. The van der Waals surface area contributed by atoms with E-state index in [0.29, 0.717) is 11.4 Å². The molecule has 1 aromatic heterocycles. The molecule has 0 saturated heterocycles. The summed E-state index contributed by atoms with van der Waals surface area (Å²) in [6.07, 6.45) is 7.25. The smallest absolute Gasteiger partial charge is 0.166 e. The molecule has 0 amide bonds. The van der Waals surface area contributed by atoms with Crippen molar-refractivity contribution in [3.8, 4) is 6.07 Å². The van der Waals surface area contributed by atoms with Gasteiger partial charge in [0.2, 0.25) is 0 Å². The van der Waals surface area contributed by atoms with Gasteiger partial charge in [0, 0.05) is 6.54 Å². The van der Waals surface area contributed by atoms with Crippen molar-refractivity contribution >= 4 is 5.82 Å². The van der Waals surface area contributed by atoms with E-state index in [4.69, 9.17) is 0 Å². The van der Waals surface area contributed by atoms with Gasteiger partial charge in [-0.25, -0.2) is 0 Å². The molecule has 3 atom stereocenters. The van der Waals surface area contributed by atoms with Gasteiger partial charge in [0.25, 0.3) is 0 Å². The average molecular weight is 284 g/mol. The molecule has 4 heteroatoms. The van der Waals surface area contributed by atoms with Crippen molar-refractivity contribution in [2.24, 2.45) is 17.8 Å². The number of aromatic nitrogens is 2. The van der Waals surface area contributed by atoms with Gasteiger partial charge in [-0.2, -0.15) is 10.4 Å². The van der Waals surface area contributed by atoms with Crippen molar-refractivity contribution in [1.82, 2.24) is 10.2 Å². The fraction of sp³-hybridized carbons (Fsp3) is 0.706. The quantitative estimate of drug-likeness (QED) is 0.901. The maximum absolute atomic E-state index is 9.49. The molecule has 3 rings (SSSR count). The first kappa shape index (κ1) is 14.3. The van der Waals surface area contributed by atoms with Gasteiger partial charge in [-0.15, -0.1) is 5.10 Å². The highest BCUT2D eigenvalue weighted by Crippen LogP contribution is 2.48. The molecule has 0 aliphatic heterocycles. The summed E-state index contributed by atoms with van der Waals surface area (Å²) >= 11 is 0.